The summed E-state index contributed by atoms with van der Waals surface area (Å²) in [4.78, 5) is 3.88. The summed E-state index contributed by atoms with van der Waals surface area (Å²) in [5.74, 6) is -10.0. The first-order chi connectivity index (χ1) is 9.90. The van der Waals surface area contributed by atoms with Crippen LogP contribution in [0.4, 0.5) is 22.0 Å². The Morgan fingerprint density at radius 3 is 2.05 bits per heavy atom. The van der Waals surface area contributed by atoms with Crippen molar-refractivity contribution in [2.75, 3.05) is 0 Å². The normalized spacial score (nSPS) is 11.3. The molecule has 0 saturated heterocycles. The molecule has 0 bridgehead atoms. The van der Waals surface area contributed by atoms with E-state index < -0.39 is 34.6 Å². The summed E-state index contributed by atoms with van der Waals surface area (Å²) in [7, 11) is 0. The fourth-order valence-electron chi connectivity index (χ4n) is 1.80. The molecule has 8 heteroatoms. The van der Waals surface area contributed by atoms with E-state index in [1.165, 1.54) is 18.2 Å². The van der Waals surface area contributed by atoms with Crippen LogP contribution >= 0.6 is 22.9 Å². The van der Waals surface area contributed by atoms with E-state index in [1.54, 1.807) is 0 Å². The Bertz CT molecular complexity index is 848. The van der Waals surface area contributed by atoms with Crippen LogP contribution in [0.1, 0.15) is 0 Å². The predicted octanol–water partition coefficient (Wildman–Crippen LogP) is 5.31. The van der Waals surface area contributed by atoms with E-state index in [1.807, 2.05) is 0 Å². The van der Waals surface area contributed by atoms with Crippen molar-refractivity contribution in [2.24, 2.45) is 0 Å². The predicted molar refractivity (Wildman–Crippen MR) is 69.9 cm³/mol. The third-order valence-electron chi connectivity index (χ3n) is 2.77. The molecule has 3 aromatic rings. The Morgan fingerprint density at radius 1 is 0.857 bits per heavy atom. The first kappa shape index (κ1) is 14.2. The first-order valence-electron chi connectivity index (χ1n) is 5.48. The van der Waals surface area contributed by atoms with Crippen LogP contribution in [0.15, 0.2) is 18.2 Å². The summed E-state index contributed by atoms with van der Waals surface area (Å²) < 4.78 is 67.3. The van der Waals surface area contributed by atoms with Gasteiger partial charge in [-0.05, 0) is 18.2 Å². The first-order valence-corrected chi connectivity index (χ1v) is 6.67. The van der Waals surface area contributed by atoms with Crippen LogP contribution in [0.2, 0.25) is 5.02 Å². The van der Waals surface area contributed by atoms with Gasteiger partial charge in [0, 0.05) is 5.02 Å². The highest BCUT2D eigenvalue weighted by Gasteiger charge is 2.28. The van der Waals surface area contributed by atoms with E-state index in [0.717, 1.165) is 11.3 Å². The fraction of sp³-hybridized carbons (Fsp3) is 0. The summed E-state index contributed by atoms with van der Waals surface area (Å²) >= 11 is 6.55. The lowest BCUT2D eigenvalue weighted by Crippen LogP contribution is -2.03. The lowest BCUT2D eigenvalue weighted by molar-refractivity contribution is 0.381. The number of halogens is 6. The molecular formula is C13H3ClF5NS. The van der Waals surface area contributed by atoms with Crippen LogP contribution in [0.5, 0.6) is 0 Å². The highest BCUT2D eigenvalue weighted by molar-refractivity contribution is 7.21. The maximum atomic E-state index is 13.7. The van der Waals surface area contributed by atoms with E-state index in [2.05, 4.69) is 4.98 Å². The molecule has 2 aromatic carbocycles. The highest BCUT2D eigenvalue weighted by atomic mass is 35.5. The number of benzene rings is 2. The van der Waals surface area contributed by atoms with Gasteiger partial charge >= 0.3 is 0 Å². The van der Waals surface area contributed by atoms with Crippen molar-refractivity contribution in [3.8, 4) is 10.6 Å². The summed E-state index contributed by atoms with van der Waals surface area (Å²) in [6, 6.07) is 4.49. The molecule has 21 heavy (non-hydrogen) atoms. The Balaban J connectivity index is 2.32. The molecule has 1 heterocycles. The Morgan fingerprint density at radius 2 is 1.43 bits per heavy atom. The number of hydrogen-bond acceptors (Lipinski definition) is 2. The van der Waals surface area contributed by atoms with Gasteiger partial charge in [-0.3, -0.25) is 0 Å². The lowest BCUT2D eigenvalue weighted by Gasteiger charge is -2.05. The minimum absolute atomic E-state index is 0.305. The average Bonchev–Trinajstić information content (AvgIpc) is 2.85. The Labute approximate surface area is 123 Å². The maximum absolute atomic E-state index is 13.7. The van der Waals surface area contributed by atoms with Crippen molar-refractivity contribution in [3.05, 3.63) is 52.3 Å². The summed E-state index contributed by atoms with van der Waals surface area (Å²) in [5, 5.41) is 0.0650. The molecule has 0 N–H and O–H groups in total. The SMILES string of the molecule is Fc1c(F)c(F)c(-c2nc3ccc(Cl)cc3s2)c(F)c1F. The minimum atomic E-state index is -2.20. The zero-order valence-electron chi connectivity index (χ0n) is 9.86. The van der Waals surface area contributed by atoms with Crippen LogP contribution in [-0.4, -0.2) is 4.98 Å². The van der Waals surface area contributed by atoms with Gasteiger partial charge < -0.3 is 0 Å². The van der Waals surface area contributed by atoms with Gasteiger partial charge in [0.2, 0.25) is 5.82 Å². The number of hydrogen-bond donors (Lipinski definition) is 0. The van der Waals surface area contributed by atoms with Crippen molar-refractivity contribution < 1.29 is 22.0 Å². The van der Waals surface area contributed by atoms with Crippen molar-refractivity contribution in [2.45, 2.75) is 0 Å². The van der Waals surface area contributed by atoms with Crippen LogP contribution in [0.3, 0.4) is 0 Å². The number of thiazole rings is 1. The molecule has 0 atom stereocenters. The zero-order valence-corrected chi connectivity index (χ0v) is 11.4. The molecule has 0 aliphatic carbocycles. The van der Waals surface area contributed by atoms with Gasteiger partial charge in [-0.2, -0.15) is 0 Å². The highest BCUT2D eigenvalue weighted by Crippen LogP contribution is 2.36. The van der Waals surface area contributed by atoms with Crippen LogP contribution in [0.25, 0.3) is 20.8 Å². The molecule has 0 amide bonds. The Hall–Kier alpha value is -1.73. The summed E-state index contributed by atoms with van der Waals surface area (Å²) in [6.45, 7) is 0. The number of nitrogens with zero attached hydrogens (tertiary/aromatic N) is 1. The van der Waals surface area contributed by atoms with E-state index in [4.69, 9.17) is 11.6 Å². The topological polar surface area (TPSA) is 12.9 Å². The van der Waals surface area contributed by atoms with Crippen LogP contribution in [0, 0.1) is 29.1 Å². The van der Waals surface area contributed by atoms with E-state index >= 15 is 0 Å². The van der Waals surface area contributed by atoms with Crippen LogP contribution in [-0.2, 0) is 0 Å². The molecular weight excluding hydrogens is 333 g/mol. The molecule has 0 aliphatic rings. The zero-order chi connectivity index (χ0) is 15.3. The van der Waals surface area contributed by atoms with Crippen molar-refractivity contribution in [3.63, 3.8) is 0 Å². The van der Waals surface area contributed by atoms with Gasteiger partial charge in [-0.25, -0.2) is 26.9 Å². The molecule has 108 valence electrons. The van der Waals surface area contributed by atoms with Crippen molar-refractivity contribution in [1.29, 1.82) is 0 Å². The molecule has 1 aromatic heterocycles. The standard InChI is InChI=1S/C13H3ClF5NS/c14-4-1-2-5-6(3-4)21-13(20-5)7-8(15)10(17)12(19)11(18)9(7)16/h1-3H. The number of fused-ring (bicyclic) bond motifs is 1. The molecule has 0 saturated carbocycles. The molecule has 0 aliphatic heterocycles. The molecule has 3 rings (SSSR count). The third kappa shape index (κ3) is 2.16. The lowest BCUT2D eigenvalue weighted by atomic mass is 10.2. The van der Waals surface area contributed by atoms with Crippen LogP contribution < -0.4 is 0 Å². The average molecular weight is 336 g/mol. The second kappa shape index (κ2) is 4.92. The fourth-order valence-corrected chi connectivity index (χ4v) is 3.07. The monoisotopic (exact) mass is 335 g/mol. The molecule has 0 radical (unpaired) electrons. The second-order valence-corrected chi connectivity index (χ2v) is 5.54. The van der Waals surface area contributed by atoms with E-state index in [0.29, 0.717) is 15.2 Å². The molecule has 0 fully saturated rings. The second-order valence-electron chi connectivity index (χ2n) is 4.08. The van der Waals surface area contributed by atoms with Gasteiger partial charge in [0.15, 0.2) is 23.3 Å². The van der Waals surface area contributed by atoms with Gasteiger partial charge in [0.05, 0.1) is 15.8 Å². The van der Waals surface area contributed by atoms with Crippen molar-refractivity contribution in [1.82, 2.24) is 4.98 Å². The van der Waals surface area contributed by atoms with Crippen molar-refractivity contribution >= 4 is 33.2 Å². The molecule has 1 nitrogen and oxygen atoms in total. The van der Waals surface area contributed by atoms with Gasteiger partial charge in [-0.15, -0.1) is 11.3 Å². The third-order valence-corrected chi connectivity index (χ3v) is 4.04. The summed E-state index contributed by atoms with van der Waals surface area (Å²) in [6.07, 6.45) is 0. The Kier molecular flexibility index (Phi) is 3.33. The quantitative estimate of drug-likeness (QED) is 0.333. The van der Waals surface area contributed by atoms with E-state index in [9.17, 15) is 22.0 Å². The number of aromatic nitrogens is 1. The largest absolute Gasteiger partial charge is 0.236 e. The van der Waals surface area contributed by atoms with Gasteiger partial charge in [0.25, 0.3) is 0 Å². The van der Waals surface area contributed by atoms with E-state index in [-0.39, 0.29) is 5.01 Å². The van der Waals surface area contributed by atoms with Gasteiger partial charge in [-0.1, -0.05) is 11.6 Å². The summed E-state index contributed by atoms with van der Waals surface area (Å²) in [5.41, 5.74) is -0.688. The molecule has 0 spiro atoms. The maximum Gasteiger partial charge on any atom is 0.200 e. The van der Waals surface area contributed by atoms with Gasteiger partial charge in [0.1, 0.15) is 5.01 Å². The smallest absolute Gasteiger partial charge is 0.200 e. The minimum Gasteiger partial charge on any atom is -0.236 e. The molecule has 0 unspecified atom stereocenters. The number of rotatable bonds is 1.